The molecule has 0 fully saturated rings. The zero-order valence-electron chi connectivity index (χ0n) is 13.5. The van der Waals surface area contributed by atoms with Gasteiger partial charge in [-0.25, -0.2) is 0 Å². The molecule has 0 aliphatic carbocycles. The highest BCUT2D eigenvalue weighted by atomic mass is 35.5. The number of nitrogens with zero attached hydrogens (tertiary/aromatic N) is 2. The molecule has 25 heavy (non-hydrogen) atoms. The molecular weight excluding hydrogens is 375 g/mol. The number of halogens is 2. The zero-order valence-corrected chi connectivity index (χ0v) is 15.8. The number of nitrogens with one attached hydrogen (secondary N) is 2. The lowest BCUT2D eigenvalue weighted by molar-refractivity contribution is 0.687. The van der Waals surface area contributed by atoms with E-state index >= 15 is 0 Å². The molecule has 0 aliphatic rings. The Bertz CT molecular complexity index is 890. The van der Waals surface area contributed by atoms with Gasteiger partial charge in [0.15, 0.2) is 5.11 Å². The van der Waals surface area contributed by atoms with Crippen molar-refractivity contribution < 1.29 is 0 Å². The highest BCUT2D eigenvalue weighted by Crippen LogP contribution is 2.20. The molecule has 2 N–H and O–H groups in total. The maximum atomic E-state index is 6.12. The summed E-state index contributed by atoms with van der Waals surface area (Å²) in [6.45, 7) is 2.62. The molecule has 0 radical (unpaired) electrons. The molecule has 1 aromatic heterocycles. The van der Waals surface area contributed by atoms with Crippen LogP contribution in [0, 0.1) is 6.92 Å². The Morgan fingerprint density at radius 2 is 1.80 bits per heavy atom. The Kier molecular flexibility index (Phi) is 5.58. The first-order chi connectivity index (χ1) is 12.0. The Hall–Kier alpha value is -2.08. The minimum atomic E-state index is 0.478. The zero-order chi connectivity index (χ0) is 17.8. The Morgan fingerprint density at radius 1 is 1.08 bits per heavy atom. The van der Waals surface area contributed by atoms with Crippen LogP contribution in [-0.4, -0.2) is 14.9 Å². The first-order valence-electron chi connectivity index (χ1n) is 7.61. The van der Waals surface area contributed by atoms with Gasteiger partial charge in [-0.15, -0.1) is 0 Å². The Morgan fingerprint density at radius 3 is 2.52 bits per heavy atom. The Labute approximate surface area is 161 Å². The first kappa shape index (κ1) is 17.7. The number of rotatable bonds is 4. The molecule has 0 bridgehead atoms. The van der Waals surface area contributed by atoms with Crippen molar-refractivity contribution in [2.45, 2.75) is 13.5 Å². The van der Waals surface area contributed by atoms with Crippen LogP contribution >= 0.6 is 35.4 Å². The van der Waals surface area contributed by atoms with E-state index in [0.717, 1.165) is 27.5 Å². The van der Waals surface area contributed by atoms with Crippen molar-refractivity contribution in [2.75, 3.05) is 10.6 Å². The van der Waals surface area contributed by atoms with E-state index in [1.807, 2.05) is 60.3 Å². The molecule has 0 saturated carbocycles. The van der Waals surface area contributed by atoms with Crippen molar-refractivity contribution in [1.29, 1.82) is 0 Å². The second-order valence-electron chi connectivity index (χ2n) is 5.60. The fourth-order valence-electron chi connectivity index (χ4n) is 2.26. The monoisotopic (exact) mass is 390 g/mol. The van der Waals surface area contributed by atoms with Crippen molar-refractivity contribution >= 4 is 51.9 Å². The van der Waals surface area contributed by atoms with E-state index < -0.39 is 0 Å². The van der Waals surface area contributed by atoms with Crippen LogP contribution < -0.4 is 10.6 Å². The standard InChI is InChI=1S/C18H16Cl2N4S/c1-12-2-7-15(8-17(12)20)22-18(25)23-16-9-21-24(11-16)10-13-3-5-14(19)6-4-13/h2-9,11H,10H2,1H3,(H2,22,23,25). The Balaban J connectivity index is 1.59. The van der Waals surface area contributed by atoms with Gasteiger partial charge in [-0.05, 0) is 54.5 Å². The highest BCUT2D eigenvalue weighted by molar-refractivity contribution is 7.80. The smallest absolute Gasteiger partial charge is 0.175 e. The summed E-state index contributed by atoms with van der Waals surface area (Å²) in [5.41, 5.74) is 3.79. The van der Waals surface area contributed by atoms with E-state index in [9.17, 15) is 0 Å². The fourth-order valence-corrected chi connectivity index (χ4v) is 2.80. The normalized spacial score (nSPS) is 10.5. The van der Waals surface area contributed by atoms with E-state index in [0.29, 0.717) is 16.7 Å². The number of thiocarbonyl (C=S) groups is 1. The third-order valence-corrected chi connectivity index (χ3v) is 4.44. The van der Waals surface area contributed by atoms with E-state index in [1.165, 1.54) is 0 Å². The van der Waals surface area contributed by atoms with Crippen LogP contribution in [0.4, 0.5) is 11.4 Å². The van der Waals surface area contributed by atoms with Crippen LogP contribution in [0.2, 0.25) is 10.0 Å². The van der Waals surface area contributed by atoms with Crippen LogP contribution in [0.5, 0.6) is 0 Å². The van der Waals surface area contributed by atoms with Gasteiger partial charge in [-0.3, -0.25) is 4.68 Å². The van der Waals surface area contributed by atoms with Gasteiger partial charge < -0.3 is 10.6 Å². The van der Waals surface area contributed by atoms with Gasteiger partial charge in [-0.2, -0.15) is 5.10 Å². The summed E-state index contributed by atoms with van der Waals surface area (Å²) in [5, 5.41) is 12.4. The van der Waals surface area contributed by atoms with Crippen molar-refractivity contribution in [3.8, 4) is 0 Å². The molecule has 0 atom stereocenters. The van der Waals surface area contributed by atoms with Crippen molar-refractivity contribution in [3.05, 3.63) is 76.0 Å². The van der Waals surface area contributed by atoms with Gasteiger partial charge in [0.2, 0.25) is 0 Å². The number of hydrogen-bond acceptors (Lipinski definition) is 2. The maximum absolute atomic E-state index is 6.12. The van der Waals surface area contributed by atoms with Crippen LogP contribution in [0.1, 0.15) is 11.1 Å². The van der Waals surface area contributed by atoms with Crippen molar-refractivity contribution in [1.82, 2.24) is 9.78 Å². The summed E-state index contributed by atoms with van der Waals surface area (Å²) < 4.78 is 1.83. The van der Waals surface area contributed by atoms with Crippen molar-refractivity contribution in [3.63, 3.8) is 0 Å². The van der Waals surface area contributed by atoms with Crippen LogP contribution in [0.15, 0.2) is 54.9 Å². The highest BCUT2D eigenvalue weighted by Gasteiger charge is 2.04. The van der Waals surface area contributed by atoms with E-state index in [1.54, 1.807) is 6.20 Å². The van der Waals surface area contributed by atoms with Crippen LogP contribution in [0.3, 0.4) is 0 Å². The molecule has 0 spiro atoms. The summed E-state index contributed by atoms with van der Waals surface area (Å²) >= 11 is 17.4. The second-order valence-corrected chi connectivity index (χ2v) is 6.85. The third kappa shape index (κ3) is 4.95. The summed E-state index contributed by atoms with van der Waals surface area (Å²) in [7, 11) is 0. The number of aromatic nitrogens is 2. The predicted octanol–water partition coefficient (Wildman–Crippen LogP) is 5.36. The minimum Gasteiger partial charge on any atom is -0.332 e. The topological polar surface area (TPSA) is 41.9 Å². The molecule has 3 rings (SSSR count). The average Bonchev–Trinajstić information content (AvgIpc) is 3.00. The van der Waals surface area contributed by atoms with Gasteiger partial charge in [0, 0.05) is 21.9 Å². The lowest BCUT2D eigenvalue weighted by Crippen LogP contribution is -2.18. The van der Waals surface area contributed by atoms with E-state index in [2.05, 4.69) is 15.7 Å². The van der Waals surface area contributed by atoms with Crippen molar-refractivity contribution in [2.24, 2.45) is 0 Å². The quantitative estimate of drug-likeness (QED) is 0.588. The van der Waals surface area contributed by atoms with Gasteiger partial charge >= 0.3 is 0 Å². The van der Waals surface area contributed by atoms with Gasteiger partial charge in [0.25, 0.3) is 0 Å². The molecule has 4 nitrogen and oxygen atoms in total. The molecule has 0 unspecified atom stereocenters. The molecule has 128 valence electrons. The van der Waals surface area contributed by atoms with E-state index in [-0.39, 0.29) is 0 Å². The lowest BCUT2D eigenvalue weighted by Gasteiger charge is -2.10. The van der Waals surface area contributed by atoms with Crippen LogP contribution in [-0.2, 0) is 6.54 Å². The lowest BCUT2D eigenvalue weighted by atomic mass is 10.2. The van der Waals surface area contributed by atoms with Gasteiger partial charge in [-0.1, -0.05) is 41.4 Å². The number of anilines is 2. The minimum absolute atomic E-state index is 0.478. The fraction of sp³-hybridized carbons (Fsp3) is 0.111. The summed E-state index contributed by atoms with van der Waals surface area (Å²) in [5.74, 6) is 0. The molecule has 2 aromatic carbocycles. The molecule has 0 saturated heterocycles. The molecule has 7 heteroatoms. The van der Waals surface area contributed by atoms with E-state index in [4.69, 9.17) is 35.4 Å². The first-order valence-corrected chi connectivity index (χ1v) is 8.77. The number of hydrogen-bond donors (Lipinski definition) is 2. The summed E-state index contributed by atoms with van der Waals surface area (Å²) in [6, 6.07) is 13.4. The number of benzene rings is 2. The third-order valence-electron chi connectivity index (χ3n) is 3.58. The van der Waals surface area contributed by atoms with Crippen LogP contribution in [0.25, 0.3) is 0 Å². The van der Waals surface area contributed by atoms with Gasteiger partial charge in [0.05, 0.1) is 18.4 Å². The summed E-state index contributed by atoms with van der Waals surface area (Å²) in [6.07, 6.45) is 3.62. The molecular formula is C18H16Cl2N4S. The maximum Gasteiger partial charge on any atom is 0.175 e. The van der Waals surface area contributed by atoms with Gasteiger partial charge in [0.1, 0.15) is 0 Å². The molecule has 0 aliphatic heterocycles. The molecule has 0 amide bonds. The molecule has 1 heterocycles. The number of aryl methyl sites for hydroxylation is 1. The largest absolute Gasteiger partial charge is 0.332 e. The second kappa shape index (κ2) is 7.87. The predicted molar refractivity (Wildman–Crippen MR) is 109 cm³/mol. The SMILES string of the molecule is Cc1ccc(NC(=S)Nc2cnn(Cc3ccc(Cl)cc3)c2)cc1Cl. The molecule has 3 aromatic rings. The average molecular weight is 391 g/mol. The summed E-state index contributed by atoms with van der Waals surface area (Å²) in [4.78, 5) is 0.